The van der Waals surface area contributed by atoms with E-state index in [9.17, 15) is 22.8 Å². The second-order valence-electron chi connectivity index (χ2n) is 5.10. The number of hydrogen-bond acceptors (Lipinski definition) is 2. The van der Waals surface area contributed by atoms with E-state index >= 15 is 0 Å². The summed E-state index contributed by atoms with van der Waals surface area (Å²) in [5.41, 5.74) is -0.580. The Hall–Kier alpha value is -2.54. The smallest absolute Gasteiger partial charge is 0.350 e. The molecule has 0 fully saturated rings. The maximum atomic E-state index is 12.6. The van der Waals surface area contributed by atoms with Gasteiger partial charge in [0.1, 0.15) is 0 Å². The monoisotopic (exact) mass is 370 g/mol. The molecule has 2 rings (SSSR count). The molecular formula is C17H14ClF3N2O2. The van der Waals surface area contributed by atoms with Crippen LogP contribution in [-0.2, 0) is 6.18 Å². The average Bonchev–Trinajstić information content (AvgIpc) is 2.58. The number of halogens is 4. The van der Waals surface area contributed by atoms with Crippen molar-refractivity contribution in [1.82, 2.24) is 10.6 Å². The van der Waals surface area contributed by atoms with E-state index in [1.54, 1.807) is 24.3 Å². The Kier molecular flexibility index (Phi) is 6.03. The fourth-order valence-corrected chi connectivity index (χ4v) is 2.12. The van der Waals surface area contributed by atoms with Crippen LogP contribution in [0.25, 0.3) is 0 Å². The van der Waals surface area contributed by atoms with E-state index in [0.29, 0.717) is 10.6 Å². The highest BCUT2D eigenvalue weighted by atomic mass is 35.5. The van der Waals surface area contributed by atoms with Gasteiger partial charge in [-0.3, -0.25) is 9.59 Å². The SMILES string of the molecule is O=C(NCCNC(=O)c1cccc(C(F)(F)F)c1)c1ccc(Cl)cc1. The van der Waals surface area contributed by atoms with Crippen molar-refractivity contribution in [1.29, 1.82) is 0 Å². The summed E-state index contributed by atoms with van der Waals surface area (Å²) >= 11 is 5.73. The number of benzene rings is 2. The summed E-state index contributed by atoms with van der Waals surface area (Å²) in [6, 6.07) is 10.4. The Morgan fingerprint density at radius 2 is 1.44 bits per heavy atom. The minimum absolute atomic E-state index is 0.0778. The standard InChI is InChI=1S/C17H14ClF3N2O2/c18-14-6-4-11(5-7-14)15(24)22-8-9-23-16(25)12-2-1-3-13(10-12)17(19,20)21/h1-7,10H,8-9H2,(H,22,24)(H,23,25). The van der Waals surface area contributed by atoms with E-state index in [-0.39, 0.29) is 24.6 Å². The van der Waals surface area contributed by atoms with Crippen LogP contribution >= 0.6 is 11.6 Å². The molecule has 8 heteroatoms. The summed E-state index contributed by atoms with van der Waals surface area (Å²) in [6.45, 7) is 0.209. The van der Waals surface area contributed by atoms with Crippen molar-refractivity contribution >= 4 is 23.4 Å². The van der Waals surface area contributed by atoms with Gasteiger partial charge < -0.3 is 10.6 Å². The summed E-state index contributed by atoms with van der Waals surface area (Å²) in [5, 5.41) is 5.54. The Bertz CT molecular complexity index is 761. The third-order valence-corrected chi connectivity index (χ3v) is 3.51. The van der Waals surface area contributed by atoms with Crippen LogP contribution in [-0.4, -0.2) is 24.9 Å². The molecular weight excluding hydrogens is 357 g/mol. The molecule has 4 nitrogen and oxygen atoms in total. The van der Waals surface area contributed by atoms with Crippen LogP contribution in [0.2, 0.25) is 5.02 Å². The normalized spacial score (nSPS) is 11.0. The topological polar surface area (TPSA) is 58.2 Å². The number of carbonyl (C=O) groups excluding carboxylic acids is 2. The number of nitrogens with one attached hydrogen (secondary N) is 2. The first-order valence-electron chi connectivity index (χ1n) is 7.26. The van der Waals surface area contributed by atoms with Crippen LogP contribution in [0.5, 0.6) is 0 Å². The zero-order valence-corrected chi connectivity index (χ0v) is 13.6. The lowest BCUT2D eigenvalue weighted by molar-refractivity contribution is -0.137. The van der Waals surface area contributed by atoms with E-state index in [1.165, 1.54) is 12.1 Å². The Labute approximate surface area is 147 Å². The molecule has 2 amide bonds. The number of amides is 2. The molecule has 25 heavy (non-hydrogen) atoms. The number of hydrogen-bond donors (Lipinski definition) is 2. The van der Waals surface area contributed by atoms with Gasteiger partial charge in [-0.2, -0.15) is 13.2 Å². The van der Waals surface area contributed by atoms with Gasteiger partial charge in [-0.15, -0.1) is 0 Å². The molecule has 0 aliphatic heterocycles. The Morgan fingerprint density at radius 1 is 0.880 bits per heavy atom. The van der Waals surface area contributed by atoms with Crippen LogP contribution in [0.15, 0.2) is 48.5 Å². The summed E-state index contributed by atoms with van der Waals surface area (Å²) in [4.78, 5) is 23.7. The predicted molar refractivity (Wildman–Crippen MR) is 87.6 cm³/mol. The highest BCUT2D eigenvalue weighted by molar-refractivity contribution is 6.30. The lowest BCUT2D eigenvalue weighted by atomic mass is 10.1. The average molecular weight is 371 g/mol. The van der Waals surface area contributed by atoms with E-state index < -0.39 is 17.6 Å². The largest absolute Gasteiger partial charge is 0.416 e. The molecule has 0 heterocycles. The summed E-state index contributed by atoms with van der Waals surface area (Å²) in [5.74, 6) is -0.989. The molecule has 2 aromatic rings. The van der Waals surface area contributed by atoms with Gasteiger partial charge in [0.25, 0.3) is 11.8 Å². The van der Waals surface area contributed by atoms with Gasteiger partial charge in [0, 0.05) is 29.2 Å². The van der Waals surface area contributed by atoms with Gasteiger partial charge in [-0.05, 0) is 42.5 Å². The van der Waals surface area contributed by atoms with Crippen molar-refractivity contribution in [3.63, 3.8) is 0 Å². The molecule has 0 aromatic heterocycles. The van der Waals surface area contributed by atoms with Crippen molar-refractivity contribution in [2.75, 3.05) is 13.1 Å². The molecule has 0 bridgehead atoms. The maximum absolute atomic E-state index is 12.6. The van der Waals surface area contributed by atoms with Gasteiger partial charge in [-0.25, -0.2) is 0 Å². The fourth-order valence-electron chi connectivity index (χ4n) is 1.99. The molecule has 0 unspecified atom stereocenters. The van der Waals surface area contributed by atoms with Crippen molar-refractivity contribution in [3.8, 4) is 0 Å². The molecule has 132 valence electrons. The zero-order valence-electron chi connectivity index (χ0n) is 12.9. The van der Waals surface area contributed by atoms with Crippen LogP contribution in [0.1, 0.15) is 26.3 Å². The molecule has 0 radical (unpaired) electrons. The highest BCUT2D eigenvalue weighted by Crippen LogP contribution is 2.29. The minimum Gasteiger partial charge on any atom is -0.350 e. The second-order valence-corrected chi connectivity index (χ2v) is 5.53. The number of rotatable bonds is 5. The van der Waals surface area contributed by atoms with Crippen molar-refractivity contribution < 1.29 is 22.8 Å². The van der Waals surface area contributed by atoms with Crippen LogP contribution in [0.3, 0.4) is 0 Å². The molecule has 0 aliphatic rings. The summed E-state index contributed by atoms with van der Waals surface area (Å²) in [7, 11) is 0. The molecule has 0 saturated carbocycles. The molecule has 2 N–H and O–H groups in total. The highest BCUT2D eigenvalue weighted by Gasteiger charge is 2.30. The second kappa shape index (κ2) is 8.02. The quantitative estimate of drug-likeness (QED) is 0.791. The van der Waals surface area contributed by atoms with Crippen molar-refractivity contribution in [2.24, 2.45) is 0 Å². The fraction of sp³-hybridized carbons (Fsp3) is 0.176. The number of alkyl halides is 3. The van der Waals surface area contributed by atoms with E-state index in [2.05, 4.69) is 10.6 Å². The third-order valence-electron chi connectivity index (χ3n) is 3.25. The molecule has 0 aliphatic carbocycles. The summed E-state index contributed by atoms with van der Waals surface area (Å²) in [6.07, 6.45) is -4.51. The van der Waals surface area contributed by atoms with Crippen LogP contribution < -0.4 is 10.6 Å². The van der Waals surface area contributed by atoms with Crippen LogP contribution in [0, 0.1) is 0 Å². The lowest BCUT2D eigenvalue weighted by Gasteiger charge is -2.10. The van der Waals surface area contributed by atoms with E-state index in [4.69, 9.17) is 11.6 Å². The first kappa shape index (κ1) is 18.8. The predicted octanol–water partition coefficient (Wildman–Crippen LogP) is 3.52. The van der Waals surface area contributed by atoms with E-state index in [1.807, 2.05) is 0 Å². The van der Waals surface area contributed by atoms with Gasteiger partial charge in [0.2, 0.25) is 0 Å². The summed E-state index contributed by atoms with van der Waals surface area (Å²) < 4.78 is 37.9. The number of carbonyl (C=O) groups is 2. The molecule has 0 atom stereocenters. The first-order valence-corrected chi connectivity index (χ1v) is 7.64. The molecule has 0 spiro atoms. The van der Waals surface area contributed by atoms with Crippen molar-refractivity contribution in [3.05, 3.63) is 70.2 Å². The van der Waals surface area contributed by atoms with Gasteiger partial charge >= 0.3 is 6.18 Å². The van der Waals surface area contributed by atoms with Crippen LogP contribution in [0.4, 0.5) is 13.2 Å². The first-order chi connectivity index (χ1) is 11.8. The minimum atomic E-state index is -4.51. The van der Waals surface area contributed by atoms with E-state index in [0.717, 1.165) is 12.1 Å². The Morgan fingerprint density at radius 3 is 2.00 bits per heavy atom. The van der Waals surface area contributed by atoms with Gasteiger partial charge in [0.15, 0.2) is 0 Å². The lowest BCUT2D eigenvalue weighted by Crippen LogP contribution is -2.34. The Balaban J connectivity index is 1.83. The van der Waals surface area contributed by atoms with Gasteiger partial charge in [0.05, 0.1) is 5.56 Å². The maximum Gasteiger partial charge on any atom is 0.416 e. The van der Waals surface area contributed by atoms with Gasteiger partial charge in [-0.1, -0.05) is 17.7 Å². The molecule has 2 aromatic carbocycles. The third kappa shape index (κ3) is 5.49. The molecule has 0 saturated heterocycles. The zero-order chi connectivity index (χ0) is 18.4. The van der Waals surface area contributed by atoms with Crippen molar-refractivity contribution in [2.45, 2.75) is 6.18 Å².